The summed E-state index contributed by atoms with van der Waals surface area (Å²) in [6.07, 6.45) is 3.87. The molecular formula is C29H41ClN4O4S. The van der Waals surface area contributed by atoms with Crippen LogP contribution in [-0.2, 0) is 21.4 Å². The molecule has 214 valence electrons. The number of amides is 2. The van der Waals surface area contributed by atoms with E-state index in [0.29, 0.717) is 29.1 Å². The summed E-state index contributed by atoms with van der Waals surface area (Å²) in [5, 5.41) is 6.32. The van der Waals surface area contributed by atoms with Crippen LogP contribution in [0.15, 0.2) is 53.4 Å². The molecule has 0 radical (unpaired) electrons. The third-order valence-corrected chi connectivity index (χ3v) is 9.33. The van der Waals surface area contributed by atoms with Gasteiger partial charge in [-0.3, -0.25) is 9.59 Å². The summed E-state index contributed by atoms with van der Waals surface area (Å²) in [5.74, 6) is -0.457. The molecule has 8 nitrogen and oxygen atoms in total. The SMILES string of the molecule is CCN(CC)CCCC(C)NC(=O)c1ccc(CN([C@@H]2CCCCNC2=O)S(=O)(=O)c2ccc(Cl)cc2)cc1. The average Bonchev–Trinajstić information content (AvgIpc) is 3.14. The van der Waals surface area contributed by atoms with E-state index in [1.165, 1.54) is 28.6 Å². The summed E-state index contributed by atoms with van der Waals surface area (Å²) in [6, 6.07) is 12.1. The Hall–Kier alpha value is -2.46. The second-order valence-electron chi connectivity index (χ2n) is 10.0. The van der Waals surface area contributed by atoms with E-state index in [9.17, 15) is 18.0 Å². The van der Waals surface area contributed by atoms with Gasteiger partial charge in [0.15, 0.2) is 0 Å². The van der Waals surface area contributed by atoms with Crippen LogP contribution in [0.5, 0.6) is 0 Å². The Balaban J connectivity index is 1.73. The zero-order chi connectivity index (χ0) is 28.4. The molecule has 2 aromatic rings. The van der Waals surface area contributed by atoms with Crippen LogP contribution in [0.25, 0.3) is 0 Å². The van der Waals surface area contributed by atoms with Gasteiger partial charge < -0.3 is 15.5 Å². The molecule has 1 aliphatic heterocycles. The van der Waals surface area contributed by atoms with Crippen molar-refractivity contribution >= 4 is 33.4 Å². The number of hydrogen-bond donors (Lipinski definition) is 2. The van der Waals surface area contributed by atoms with Crippen molar-refractivity contribution in [2.75, 3.05) is 26.2 Å². The highest BCUT2D eigenvalue weighted by atomic mass is 35.5. The van der Waals surface area contributed by atoms with Crippen molar-refractivity contribution in [3.8, 4) is 0 Å². The monoisotopic (exact) mass is 576 g/mol. The van der Waals surface area contributed by atoms with E-state index in [4.69, 9.17) is 11.6 Å². The Morgan fingerprint density at radius 3 is 2.38 bits per heavy atom. The molecule has 2 N–H and O–H groups in total. The number of halogens is 1. The fourth-order valence-corrected chi connectivity index (χ4v) is 6.52. The zero-order valence-corrected chi connectivity index (χ0v) is 24.7. The van der Waals surface area contributed by atoms with Crippen molar-refractivity contribution in [3.05, 3.63) is 64.7 Å². The molecule has 0 spiro atoms. The van der Waals surface area contributed by atoms with Crippen LogP contribution in [-0.4, -0.2) is 67.7 Å². The number of nitrogens with one attached hydrogen (secondary N) is 2. The number of benzene rings is 2. The second kappa shape index (κ2) is 14.8. The minimum Gasteiger partial charge on any atom is -0.355 e. The number of carbonyl (C=O) groups excluding carboxylic acids is 2. The lowest BCUT2D eigenvalue weighted by molar-refractivity contribution is -0.124. The van der Waals surface area contributed by atoms with Gasteiger partial charge in [0.05, 0.1) is 4.90 Å². The lowest BCUT2D eigenvalue weighted by Crippen LogP contribution is -2.48. The molecule has 0 saturated carbocycles. The fourth-order valence-electron chi connectivity index (χ4n) is 4.78. The summed E-state index contributed by atoms with van der Waals surface area (Å²) in [7, 11) is -4.00. The Kier molecular flexibility index (Phi) is 11.8. The summed E-state index contributed by atoms with van der Waals surface area (Å²) >= 11 is 5.98. The predicted molar refractivity (Wildman–Crippen MR) is 155 cm³/mol. The van der Waals surface area contributed by atoms with E-state index >= 15 is 0 Å². The maximum atomic E-state index is 13.7. The third-order valence-electron chi connectivity index (χ3n) is 7.21. The number of carbonyl (C=O) groups is 2. The van der Waals surface area contributed by atoms with Gasteiger partial charge in [-0.05, 0) is 101 Å². The molecule has 3 rings (SSSR count). The number of rotatable bonds is 13. The van der Waals surface area contributed by atoms with E-state index in [1.807, 2.05) is 6.92 Å². The molecular weight excluding hydrogens is 536 g/mol. The number of hydrogen-bond acceptors (Lipinski definition) is 5. The van der Waals surface area contributed by atoms with E-state index in [-0.39, 0.29) is 29.3 Å². The van der Waals surface area contributed by atoms with Crippen LogP contribution in [0.4, 0.5) is 0 Å². The van der Waals surface area contributed by atoms with Crippen molar-refractivity contribution in [1.82, 2.24) is 19.8 Å². The van der Waals surface area contributed by atoms with Gasteiger partial charge in [0.1, 0.15) is 6.04 Å². The van der Waals surface area contributed by atoms with Crippen LogP contribution in [0.2, 0.25) is 5.02 Å². The van der Waals surface area contributed by atoms with Crippen LogP contribution in [0, 0.1) is 0 Å². The molecule has 1 unspecified atom stereocenters. The average molecular weight is 577 g/mol. The Morgan fingerprint density at radius 1 is 1.08 bits per heavy atom. The van der Waals surface area contributed by atoms with Gasteiger partial charge in [0, 0.05) is 29.7 Å². The van der Waals surface area contributed by atoms with Crippen LogP contribution >= 0.6 is 11.6 Å². The minimum atomic E-state index is -4.00. The molecule has 0 aromatic heterocycles. The van der Waals surface area contributed by atoms with E-state index in [2.05, 4.69) is 29.4 Å². The molecule has 2 aromatic carbocycles. The first kappa shape index (κ1) is 31.1. The Bertz CT molecular complexity index is 1180. The first-order chi connectivity index (χ1) is 18.6. The summed E-state index contributed by atoms with van der Waals surface area (Å²) < 4.78 is 28.7. The van der Waals surface area contributed by atoms with Gasteiger partial charge >= 0.3 is 0 Å². The molecule has 1 saturated heterocycles. The lowest BCUT2D eigenvalue weighted by Gasteiger charge is -2.29. The smallest absolute Gasteiger partial charge is 0.251 e. The molecule has 2 amide bonds. The van der Waals surface area contributed by atoms with Gasteiger partial charge in [-0.25, -0.2) is 8.42 Å². The highest BCUT2D eigenvalue weighted by molar-refractivity contribution is 7.89. The zero-order valence-electron chi connectivity index (χ0n) is 23.2. The van der Waals surface area contributed by atoms with Crippen molar-refractivity contribution in [2.24, 2.45) is 0 Å². The molecule has 1 aliphatic rings. The predicted octanol–water partition coefficient (Wildman–Crippen LogP) is 4.44. The maximum Gasteiger partial charge on any atom is 0.251 e. The Morgan fingerprint density at radius 2 is 1.74 bits per heavy atom. The van der Waals surface area contributed by atoms with Crippen LogP contribution in [0.3, 0.4) is 0 Å². The van der Waals surface area contributed by atoms with E-state index < -0.39 is 16.1 Å². The second-order valence-corrected chi connectivity index (χ2v) is 12.4. The van der Waals surface area contributed by atoms with Crippen molar-refractivity contribution in [2.45, 2.75) is 76.4 Å². The van der Waals surface area contributed by atoms with Crippen molar-refractivity contribution in [3.63, 3.8) is 0 Å². The molecule has 0 bridgehead atoms. The van der Waals surface area contributed by atoms with Gasteiger partial charge in [-0.1, -0.05) is 37.6 Å². The number of sulfonamides is 1. The Labute approximate surface area is 238 Å². The van der Waals surface area contributed by atoms with Crippen molar-refractivity contribution in [1.29, 1.82) is 0 Å². The largest absolute Gasteiger partial charge is 0.355 e. The standard InChI is InChI=1S/C29H41ClN4O4S/c1-4-33(5-2)20-8-9-22(3)32-28(35)24-13-11-23(12-14-24)21-34(27-10-6-7-19-31-29(27)36)39(37,38)26-17-15-25(30)16-18-26/h11-18,22,27H,4-10,19-21H2,1-3H3,(H,31,36)(H,32,35)/t22?,27-/m1/s1. The molecule has 39 heavy (non-hydrogen) atoms. The first-order valence-electron chi connectivity index (χ1n) is 13.8. The molecule has 1 heterocycles. The maximum absolute atomic E-state index is 13.7. The van der Waals surface area contributed by atoms with Gasteiger partial charge in [-0.15, -0.1) is 0 Å². The quantitative estimate of drug-likeness (QED) is 0.367. The fraction of sp³-hybridized carbons (Fsp3) is 0.517. The lowest BCUT2D eigenvalue weighted by atomic mass is 10.1. The third kappa shape index (κ3) is 8.76. The van der Waals surface area contributed by atoms with Crippen LogP contribution in [0.1, 0.15) is 68.8 Å². The normalized spacial score (nSPS) is 17.1. The van der Waals surface area contributed by atoms with Gasteiger partial charge in [0.2, 0.25) is 15.9 Å². The van der Waals surface area contributed by atoms with Gasteiger partial charge in [0.25, 0.3) is 5.91 Å². The van der Waals surface area contributed by atoms with Crippen LogP contribution < -0.4 is 10.6 Å². The van der Waals surface area contributed by atoms with E-state index in [0.717, 1.165) is 45.3 Å². The highest BCUT2D eigenvalue weighted by Crippen LogP contribution is 2.26. The summed E-state index contributed by atoms with van der Waals surface area (Å²) in [4.78, 5) is 28.1. The number of nitrogens with zero attached hydrogens (tertiary/aromatic N) is 2. The molecule has 2 atom stereocenters. The minimum absolute atomic E-state index is 0.00665. The molecule has 1 fully saturated rings. The summed E-state index contributed by atoms with van der Waals surface area (Å²) in [5.41, 5.74) is 1.20. The van der Waals surface area contributed by atoms with Gasteiger partial charge in [-0.2, -0.15) is 4.31 Å². The molecule has 0 aliphatic carbocycles. The first-order valence-corrected chi connectivity index (χ1v) is 15.6. The van der Waals surface area contributed by atoms with Crippen molar-refractivity contribution < 1.29 is 18.0 Å². The summed E-state index contributed by atoms with van der Waals surface area (Å²) in [6.45, 7) is 9.89. The topological polar surface area (TPSA) is 98.8 Å². The van der Waals surface area contributed by atoms with E-state index in [1.54, 1.807) is 24.3 Å². The molecule has 10 heteroatoms. The highest BCUT2D eigenvalue weighted by Gasteiger charge is 2.36.